The van der Waals surface area contributed by atoms with E-state index < -0.39 is 0 Å². The first kappa shape index (κ1) is 13.2. The zero-order valence-electron chi connectivity index (χ0n) is 8.71. The highest BCUT2D eigenvalue weighted by molar-refractivity contribution is 9.09. The van der Waals surface area contributed by atoms with Crippen LogP contribution in [0.25, 0.3) is 0 Å². The summed E-state index contributed by atoms with van der Waals surface area (Å²) < 4.78 is 4.50. The Hall–Kier alpha value is -0.830. The van der Waals surface area contributed by atoms with Crippen molar-refractivity contribution in [3.63, 3.8) is 0 Å². The van der Waals surface area contributed by atoms with Crippen molar-refractivity contribution >= 4 is 21.9 Å². The summed E-state index contributed by atoms with van der Waals surface area (Å²) in [7, 11) is 1.37. The van der Waals surface area contributed by atoms with Crippen LogP contribution in [0.4, 0.5) is 0 Å². The normalized spacial score (nSPS) is 13.4. The molecule has 0 unspecified atom stereocenters. The minimum absolute atomic E-state index is 0.326. The molecule has 0 saturated carbocycles. The van der Waals surface area contributed by atoms with E-state index >= 15 is 0 Å². The van der Waals surface area contributed by atoms with Gasteiger partial charge in [-0.2, -0.15) is 0 Å². The number of hydrogen-bond acceptors (Lipinski definition) is 2. The molecular formula is C11H15BrO2. The highest BCUT2D eigenvalue weighted by Crippen LogP contribution is 2.00. The van der Waals surface area contributed by atoms with Crippen molar-refractivity contribution in [2.75, 3.05) is 12.4 Å². The number of carbonyl (C=O) groups is 1. The van der Waals surface area contributed by atoms with E-state index in [-0.39, 0.29) is 5.97 Å². The van der Waals surface area contributed by atoms with Crippen LogP contribution in [-0.4, -0.2) is 18.4 Å². The van der Waals surface area contributed by atoms with Crippen LogP contribution < -0.4 is 0 Å². The Bertz CT molecular complexity index is 275. The van der Waals surface area contributed by atoms with Crippen molar-refractivity contribution in [3.8, 4) is 0 Å². The third-order valence-electron chi connectivity index (χ3n) is 1.50. The molecule has 0 aliphatic heterocycles. The molecule has 0 heterocycles. The summed E-state index contributed by atoms with van der Waals surface area (Å²) in [6, 6.07) is 0. The van der Waals surface area contributed by atoms with Crippen LogP contribution >= 0.6 is 15.9 Å². The average molecular weight is 259 g/mol. The molecule has 0 aliphatic rings. The third kappa shape index (κ3) is 6.66. The second kappa shape index (κ2) is 7.56. The van der Waals surface area contributed by atoms with E-state index in [1.165, 1.54) is 18.8 Å². The minimum Gasteiger partial charge on any atom is -0.466 e. The predicted molar refractivity (Wildman–Crippen MR) is 62.5 cm³/mol. The molecule has 0 amide bonds. The van der Waals surface area contributed by atoms with Crippen LogP contribution in [0.5, 0.6) is 0 Å². The molecule has 0 atom stereocenters. The number of carbonyl (C=O) groups excluding carboxylic acids is 1. The lowest BCUT2D eigenvalue weighted by molar-refractivity contribution is -0.134. The standard InChI is InChI=1S/C11H15BrO2/c1-9(7-11(13)14-3)5-4-6-10(2)8-12/h4-7H,8H2,1-3H3/b5-4+,9-7+,10-6+. The molecular weight excluding hydrogens is 244 g/mol. The molecule has 0 aromatic carbocycles. The lowest BCUT2D eigenvalue weighted by atomic mass is 10.2. The Labute approximate surface area is 93.5 Å². The van der Waals surface area contributed by atoms with E-state index in [1.54, 1.807) is 0 Å². The molecule has 0 N–H and O–H groups in total. The first-order valence-electron chi connectivity index (χ1n) is 4.26. The van der Waals surface area contributed by atoms with E-state index in [4.69, 9.17) is 0 Å². The lowest BCUT2D eigenvalue weighted by Crippen LogP contribution is -1.94. The van der Waals surface area contributed by atoms with Crippen LogP contribution in [-0.2, 0) is 9.53 Å². The van der Waals surface area contributed by atoms with Crippen molar-refractivity contribution in [2.45, 2.75) is 13.8 Å². The molecule has 0 spiro atoms. The fourth-order valence-corrected chi connectivity index (χ4v) is 0.889. The second-order valence-electron chi connectivity index (χ2n) is 2.92. The summed E-state index contributed by atoms with van der Waals surface area (Å²) in [5.74, 6) is -0.326. The first-order chi connectivity index (χ1) is 6.60. The van der Waals surface area contributed by atoms with Gasteiger partial charge in [-0.05, 0) is 19.4 Å². The van der Waals surface area contributed by atoms with E-state index in [1.807, 2.05) is 32.1 Å². The number of alkyl halides is 1. The van der Waals surface area contributed by atoms with E-state index in [2.05, 4.69) is 20.7 Å². The monoisotopic (exact) mass is 258 g/mol. The Morgan fingerprint density at radius 3 is 2.57 bits per heavy atom. The van der Waals surface area contributed by atoms with Gasteiger partial charge in [-0.25, -0.2) is 4.79 Å². The summed E-state index contributed by atoms with van der Waals surface area (Å²) in [6.07, 6.45) is 7.21. The molecule has 0 rings (SSSR count). The molecule has 3 heteroatoms. The molecule has 0 aromatic rings. The van der Waals surface area contributed by atoms with Gasteiger partial charge in [0.1, 0.15) is 0 Å². The number of ether oxygens (including phenoxy) is 1. The third-order valence-corrected chi connectivity index (χ3v) is 2.38. The number of rotatable bonds is 4. The van der Waals surface area contributed by atoms with E-state index in [9.17, 15) is 4.79 Å². The number of methoxy groups -OCH3 is 1. The topological polar surface area (TPSA) is 26.3 Å². The van der Waals surface area contributed by atoms with Gasteiger partial charge in [-0.3, -0.25) is 0 Å². The summed E-state index contributed by atoms with van der Waals surface area (Å²) in [5.41, 5.74) is 2.10. The highest BCUT2D eigenvalue weighted by Gasteiger charge is 1.92. The zero-order chi connectivity index (χ0) is 11.0. The maximum atomic E-state index is 10.8. The Morgan fingerprint density at radius 1 is 1.43 bits per heavy atom. The summed E-state index contributed by atoms with van der Waals surface area (Å²) in [4.78, 5) is 10.8. The highest BCUT2D eigenvalue weighted by atomic mass is 79.9. The maximum absolute atomic E-state index is 10.8. The fraction of sp³-hybridized carbons (Fsp3) is 0.364. The Kier molecular flexibility index (Phi) is 7.11. The largest absolute Gasteiger partial charge is 0.466 e. The van der Waals surface area contributed by atoms with E-state index in [0.717, 1.165) is 10.9 Å². The summed E-state index contributed by atoms with van der Waals surface area (Å²) in [6.45, 7) is 3.88. The van der Waals surface area contributed by atoms with Gasteiger partial charge in [0.25, 0.3) is 0 Å². The van der Waals surface area contributed by atoms with Crippen molar-refractivity contribution < 1.29 is 9.53 Å². The Balaban J connectivity index is 4.25. The predicted octanol–water partition coefficient (Wildman–Crippen LogP) is 3.00. The van der Waals surface area contributed by atoms with Crippen molar-refractivity contribution in [1.82, 2.24) is 0 Å². The maximum Gasteiger partial charge on any atom is 0.330 e. The van der Waals surface area contributed by atoms with E-state index in [0.29, 0.717) is 0 Å². The van der Waals surface area contributed by atoms with Gasteiger partial charge in [0.15, 0.2) is 0 Å². The lowest BCUT2D eigenvalue weighted by Gasteiger charge is -1.92. The first-order valence-corrected chi connectivity index (χ1v) is 5.38. The molecule has 0 aromatic heterocycles. The second-order valence-corrected chi connectivity index (χ2v) is 3.48. The zero-order valence-corrected chi connectivity index (χ0v) is 10.3. The van der Waals surface area contributed by atoms with Gasteiger partial charge < -0.3 is 4.74 Å². The minimum atomic E-state index is -0.326. The smallest absolute Gasteiger partial charge is 0.330 e. The molecule has 78 valence electrons. The molecule has 0 bridgehead atoms. The SMILES string of the molecule is COC(=O)/C=C(C)/C=C/C=C(\C)CBr. The van der Waals surface area contributed by atoms with Crippen LogP contribution in [0.2, 0.25) is 0 Å². The Morgan fingerprint density at radius 2 is 2.07 bits per heavy atom. The number of esters is 1. The summed E-state index contributed by atoms with van der Waals surface area (Å²) in [5, 5.41) is 0.858. The van der Waals surface area contributed by atoms with Crippen LogP contribution in [0.3, 0.4) is 0 Å². The van der Waals surface area contributed by atoms with Crippen LogP contribution in [0, 0.1) is 0 Å². The van der Waals surface area contributed by atoms with Crippen molar-refractivity contribution in [3.05, 3.63) is 35.5 Å². The van der Waals surface area contributed by atoms with Crippen LogP contribution in [0.1, 0.15) is 13.8 Å². The van der Waals surface area contributed by atoms with Gasteiger partial charge in [0.05, 0.1) is 7.11 Å². The molecule has 2 nitrogen and oxygen atoms in total. The molecule has 14 heavy (non-hydrogen) atoms. The fourth-order valence-electron chi connectivity index (χ4n) is 0.702. The van der Waals surface area contributed by atoms with Crippen molar-refractivity contribution in [1.29, 1.82) is 0 Å². The van der Waals surface area contributed by atoms with Gasteiger partial charge in [0.2, 0.25) is 0 Å². The van der Waals surface area contributed by atoms with Gasteiger partial charge in [-0.15, -0.1) is 0 Å². The van der Waals surface area contributed by atoms with Crippen molar-refractivity contribution in [2.24, 2.45) is 0 Å². The van der Waals surface area contributed by atoms with Gasteiger partial charge in [0, 0.05) is 11.4 Å². The summed E-state index contributed by atoms with van der Waals surface area (Å²) >= 11 is 3.34. The quantitative estimate of drug-likeness (QED) is 0.336. The number of allylic oxidation sites excluding steroid dienone is 5. The van der Waals surface area contributed by atoms with Crippen LogP contribution in [0.15, 0.2) is 35.5 Å². The van der Waals surface area contributed by atoms with Gasteiger partial charge in [-0.1, -0.05) is 39.7 Å². The molecule has 0 aliphatic carbocycles. The molecule has 0 radical (unpaired) electrons. The molecule has 0 saturated heterocycles. The average Bonchev–Trinajstić information content (AvgIpc) is 2.17. The number of halogens is 1. The molecule has 0 fully saturated rings. The van der Waals surface area contributed by atoms with Gasteiger partial charge >= 0.3 is 5.97 Å². The number of hydrogen-bond donors (Lipinski definition) is 0.